The van der Waals surface area contributed by atoms with E-state index in [0.29, 0.717) is 5.92 Å². The smallest absolute Gasteiger partial charge is 0.0980 e. The highest BCUT2D eigenvalue weighted by Crippen LogP contribution is 2.33. The number of para-hydroxylation sites is 1. The van der Waals surface area contributed by atoms with E-state index in [9.17, 15) is 5.11 Å². The number of nitrogens with zero attached hydrogens (tertiary/aromatic N) is 3. The van der Waals surface area contributed by atoms with Gasteiger partial charge >= 0.3 is 0 Å². The molecule has 0 radical (unpaired) electrons. The first kappa shape index (κ1) is 12.4. The molecule has 1 aromatic carbocycles. The van der Waals surface area contributed by atoms with E-state index in [2.05, 4.69) is 10.3 Å². The molecule has 1 saturated carbocycles. The van der Waals surface area contributed by atoms with Crippen LogP contribution in [0.3, 0.4) is 0 Å². The molecule has 3 rings (SSSR count). The van der Waals surface area contributed by atoms with E-state index in [1.165, 1.54) is 25.7 Å². The van der Waals surface area contributed by atoms with E-state index < -0.39 is 6.10 Å². The minimum atomic E-state index is -0.474. The van der Waals surface area contributed by atoms with Crippen molar-refractivity contribution in [3.05, 3.63) is 42.2 Å². The Morgan fingerprint density at radius 2 is 1.95 bits per heavy atom. The van der Waals surface area contributed by atoms with Crippen LogP contribution in [0.4, 0.5) is 0 Å². The molecule has 1 heterocycles. The Labute approximate surface area is 113 Å². The molecular weight excluding hydrogens is 238 g/mol. The Bertz CT molecular complexity index is 517. The van der Waals surface area contributed by atoms with Crippen LogP contribution < -0.4 is 0 Å². The molecule has 1 fully saturated rings. The van der Waals surface area contributed by atoms with Crippen LogP contribution in [0.2, 0.25) is 0 Å². The topological polar surface area (TPSA) is 50.9 Å². The molecule has 4 heteroatoms. The summed E-state index contributed by atoms with van der Waals surface area (Å²) in [5.74, 6) is 0.647. The summed E-state index contributed by atoms with van der Waals surface area (Å²) in [6.45, 7) is 0. The molecule has 1 atom stereocenters. The first-order valence-corrected chi connectivity index (χ1v) is 6.98. The summed E-state index contributed by atoms with van der Waals surface area (Å²) < 4.78 is 1.74. The van der Waals surface area contributed by atoms with Crippen LogP contribution in [0, 0.1) is 5.92 Å². The zero-order chi connectivity index (χ0) is 13.1. The normalized spacial score (nSPS) is 17.7. The third-order valence-corrected chi connectivity index (χ3v) is 3.95. The average Bonchev–Trinajstić information content (AvgIpc) is 3.10. The summed E-state index contributed by atoms with van der Waals surface area (Å²) >= 11 is 0. The van der Waals surface area contributed by atoms with E-state index in [1.807, 2.05) is 30.3 Å². The van der Waals surface area contributed by atoms with Gasteiger partial charge in [-0.3, -0.25) is 0 Å². The van der Waals surface area contributed by atoms with Crippen molar-refractivity contribution in [1.82, 2.24) is 15.0 Å². The van der Waals surface area contributed by atoms with Crippen LogP contribution in [0.25, 0.3) is 5.69 Å². The van der Waals surface area contributed by atoms with Gasteiger partial charge in [-0.1, -0.05) is 49.1 Å². The van der Waals surface area contributed by atoms with E-state index >= 15 is 0 Å². The molecule has 0 amide bonds. The largest absolute Gasteiger partial charge is 0.387 e. The van der Waals surface area contributed by atoms with Crippen molar-refractivity contribution in [1.29, 1.82) is 0 Å². The highest BCUT2D eigenvalue weighted by Gasteiger charge is 2.22. The first-order chi connectivity index (χ1) is 9.34. The zero-order valence-electron chi connectivity index (χ0n) is 10.9. The molecule has 1 aliphatic rings. The Morgan fingerprint density at radius 1 is 1.21 bits per heavy atom. The molecule has 0 bridgehead atoms. The Balaban J connectivity index is 1.79. The van der Waals surface area contributed by atoms with Crippen molar-refractivity contribution in [3.8, 4) is 5.69 Å². The van der Waals surface area contributed by atoms with E-state index in [1.54, 1.807) is 10.9 Å². The summed E-state index contributed by atoms with van der Waals surface area (Å²) in [5.41, 5.74) is 1.73. The molecule has 2 aromatic rings. The lowest BCUT2D eigenvalue weighted by Crippen LogP contribution is -2.10. The number of hydrogen-bond donors (Lipinski definition) is 1. The monoisotopic (exact) mass is 257 g/mol. The third-order valence-electron chi connectivity index (χ3n) is 3.95. The molecule has 0 saturated heterocycles. The van der Waals surface area contributed by atoms with Gasteiger partial charge < -0.3 is 5.11 Å². The quantitative estimate of drug-likeness (QED) is 0.916. The second-order valence-corrected chi connectivity index (χ2v) is 5.31. The molecular formula is C15H19N3O. The fourth-order valence-electron chi connectivity index (χ4n) is 2.92. The van der Waals surface area contributed by atoms with Gasteiger partial charge in [0.25, 0.3) is 0 Å². The van der Waals surface area contributed by atoms with Gasteiger partial charge in [0.05, 0.1) is 23.7 Å². The fourth-order valence-corrected chi connectivity index (χ4v) is 2.92. The van der Waals surface area contributed by atoms with Gasteiger partial charge in [0.15, 0.2) is 0 Å². The molecule has 19 heavy (non-hydrogen) atoms. The molecule has 100 valence electrons. The van der Waals surface area contributed by atoms with Gasteiger partial charge in [-0.2, -0.15) is 0 Å². The van der Waals surface area contributed by atoms with Gasteiger partial charge in [-0.25, -0.2) is 4.68 Å². The summed E-state index contributed by atoms with van der Waals surface area (Å²) in [6, 6.07) is 9.84. The Hall–Kier alpha value is -1.68. The van der Waals surface area contributed by atoms with Gasteiger partial charge in [-0.05, 0) is 24.5 Å². The van der Waals surface area contributed by atoms with Crippen LogP contribution in [0.5, 0.6) is 0 Å². The Kier molecular flexibility index (Phi) is 3.60. The Morgan fingerprint density at radius 3 is 2.68 bits per heavy atom. The van der Waals surface area contributed by atoms with E-state index in [-0.39, 0.29) is 0 Å². The predicted octanol–water partition coefficient (Wildman–Crippen LogP) is 2.88. The summed E-state index contributed by atoms with van der Waals surface area (Å²) in [5, 5.41) is 18.4. The highest BCUT2D eigenvalue weighted by atomic mass is 16.3. The maximum atomic E-state index is 10.4. The fraction of sp³-hybridized carbons (Fsp3) is 0.467. The number of benzene rings is 1. The molecule has 4 nitrogen and oxygen atoms in total. The number of aliphatic hydroxyl groups excluding tert-OH is 1. The van der Waals surface area contributed by atoms with Crippen molar-refractivity contribution < 1.29 is 5.11 Å². The predicted molar refractivity (Wildman–Crippen MR) is 72.9 cm³/mol. The molecule has 0 aliphatic heterocycles. The standard InChI is InChI=1S/C15H19N3O/c19-15(10-12-6-4-5-7-12)14-11-16-17-18(14)13-8-2-1-3-9-13/h1-3,8-9,11-12,15,19H,4-7,10H2. The molecule has 1 aliphatic carbocycles. The van der Waals surface area contributed by atoms with Crippen molar-refractivity contribution in [2.24, 2.45) is 5.92 Å². The van der Waals surface area contributed by atoms with Crippen LogP contribution in [-0.2, 0) is 0 Å². The third kappa shape index (κ3) is 2.68. The van der Waals surface area contributed by atoms with Crippen molar-refractivity contribution in [2.45, 2.75) is 38.2 Å². The van der Waals surface area contributed by atoms with E-state index in [4.69, 9.17) is 0 Å². The lowest BCUT2D eigenvalue weighted by Gasteiger charge is -2.16. The number of aliphatic hydroxyl groups is 1. The highest BCUT2D eigenvalue weighted by molar-refractivity contribution is 5.31. The molecule has 1 N–H and O–H groups in total. The molecule has 1 unspecified atom stereocenters. The number of hydrogen-bond acceptors (Lipinski definition) is 3. The lowest BCUT2D eigenvalue weighted by atomic mass is 9.98. The SMILES string of the molecule is OC(CC1CCCC1)c1cnnn1-c1ccccc1. The number of aromatic nitrogens is 3. The van der Waals surface area contributed by atoms with Gasteiger partial charge in [-0.15, -0.1) is 5.10 Å². The molecule has 0 spiro atoms. The molecule has 1 aromatic heterocycles. The maximum Gasteiger partial charge on any atom is 0.0980 e. The van der Waals surface area contributed by atoms with Gasteiger partial charge in [0.2, 0.25) is 0 Å². The van der Waals surface area contributed by atoms with E-state index in [0.717, 1.165) is 17.8 Å². The zero-order valence-corrected chi connectivity index (χ0v) is 10.9. The first-order valence-electron chi connectivity index (χ1n) is 6.98. The summed E-state index contributed by atoms with van der Waals surface area (Å²) in [4.78, 5) is 0. The van der Waals surface area contributed by atoms with Crippen molar-refractivity contribution in [3.63, 3.8) is 0 Å². The minimum absolute atomic E-state index is 0.474. The van der Waals surface area contributed by atoms with Crippen LogP contribution in [0.1, 0.15) is 43.9 Å². The van der Waals surface area contributed by atoms with Gasteiger partial charge in [0.1, 0.15) is 0 Å². The van der Waals surface area contributed by atoms with Gasteiger partial charge in [0, 0.05) is 0 Å². The summed E-state index contributed by atoms with van der Waals surface area (Å²) in [6.07, 6.45) is 7.10. The van der Waals surface area contributed by atoms with Crippen LogP contribution >= 0.6 is 0 Å². The minimum Gasteiger partial charge on any atom is -0.387 e. The van der Waals surface area contributed by atoms with Crippen molar-refractivity contribution >= 4 is 0 Å². The van der Waals surface area contributed by atoms with Crippen LogP contribution in [0.15, 0.2) is 36.5 Å². The number of rotatable bonds is 4. The lowest BCUT2D eigenvalue weighted by molar-refractivity contribution is 0.138. The average molecular weight is 257 g/mol. The second kappa shape index (κ2) is 5.53. The summed E-state index contributed by atoms with van der Waals surface area (Å²) in [7, 11) is 0. The van der Waals surface area contributed by atoms with Crippen LogP contribution in [-0.4, -0.2) is 20.1 Å². The maximum absolute atomic E-state index is 10.4. The van der Waals surface area contributed by atoms with Crippen molar-refractivity contribution in [2.75, 3.05) is 0 Å². The second-order valence-electron chi connectivity index (χ2n) is 5.31.